The molecule has 0 bridgehead atoms. The number of oxazole rings is 1. The quantitative estimate of drug-likeness (QED) is 0.923. The van der Waals surface area contributed by atoms with E-state index in [-0.39, 0.29) is 0 Å². The zero-order valence-corrected chi connectivity index (χ0v) is 11.2. The van der Waals surface area contributed by atoms with Gasteiger partial charge >= 0.3 is 5.97 Å². The molecular formula is C14H16N2O4. The number of hydrogen-bond donors (Lipinski definition) is 1. The van der Waals surface area contributed by atoms with Crippen LogP contribution in [0.5, 0.6) is 0 Å². The third-order valence-corrected chi connectivity index (χ3v) is 3.63. The molecule has 0 saturated carbocycles. The molecule has 2 aromatic rings. The van der Waals surface area contributed by atoms with Crippen LogP contribution >= 0.6 is 0 Å². The summed E-state index contributed by atoms with van der Waals surface area (Å²) in [5.41, 5.74) is 0.768. The number of aromatic nitrogens is 1. The van der Waals surface area contributed by atoms with E-state index in [4.69, 9.17) is 8.83 Å². The molecule has 1 aliphatic heterocycles. The van der Waals surface area contributed by atoms with Crippen molar-refractivity contribution in [3.63, 3.8) is 0 Å². The number of rotatable bonds is 4. The summed E-state index contributed by atoms with van der Waals surface area (Å²) in [4.78, 5) is 17.5. The maximum atomic E-state index is 11.2. The maximum absolute atomic E-state index is 11.2. The maximum Gasteiger partial charge on any atom is 0.320 e. The lowest BCUT2D eigenvalue weighted by Crippen LogP contribution is -2.35. The Hall–Kier alpha value is -2.08. The van der Waals surface area contributed by atoms with E-state index >= 15 is 0 Å². The van der Waals surface area contributed by atoms with Gasteiger partial charge in [0, 0.05) is 6.54 Å². The molecule has 1 saturated heterocycles. The van der Waals surface area contributed by atoms with Crippen LogP contribution in [-0.4, -0.2) is 33.5 Å². The van der Waals surface area contributed by atoms with Gasteiger partial charge in [-0.15, -0.1) is 0 Å². The molecule has 6 heteroatoms. The van der Waals surface area contributed by atoms with E-state index < -0.39 is 12.0 Å². The first-order valence-electron chi connectivity index (χ1n) is 6.62. The molecule has 6 nitrogen and oxygen atoms in total. The van der Waals surface area contributed by atoms with E-state index in [9.17, 15) is 9.90 Å². The highest BCUT2D eigenvalue weighted by Gasteiger charge is 2.31. The van der Waals surface area contributed by atoms with Crippen LogP contribution < -0.4 is 0 Å². The highest BCUT2D eigenvalue weighted by Crippen LogP contribution is 2.25. The van der Waals surface area contributed by atoms with Crippen LogP contribution in [-0.2, 0) is 11.3 Å². The number of nitrogens with zero attached hydrogens (tertiary/aromatic N) is 2. The Morgan fingerprint density at radius 2 is 2.45 bits per heavy atom. The molecule has 3 heterocycles. The Morgan fingerprint density at radius 3 is 3.15 bits per heavy atom. The summed E-state index contributed by atoms with van der Waals surface area (Å²) in [6.45, 7) is 3.10. The normalized spacial score (nSPS) is 19.6. The number of aliphatic carboxylic acids is 1. The van der Waals surface area contributed by atoms with Crippen LogP contribution in [0.15, 0.2) is 27.2 Å². The Morgan fingerprint density at radius 1 is 1.60 bits per heavy atom. The lowest BCUT2D eigenvalue weighted by molar-refractivity contribution is -0.142. The standard InChI is InChI=1S/C14H16N2O4/c1-9-10(8-16-6-2-4-11(16)14(17)18)15-13(20-9)12-5-3-7-19-12/h3,5,7,11H,2,4,6,8H2,1H3,(H,17,18)/t11-/m1/s1. The molecule has 3 rings (SSSR count). The molecule has 1 atom stereocenters. The summed E-state index contributed by atoms with van der Waals surface area (Å²) in [5.74, 6) is 0.950. The number of aryl methyl sites for hydroxylation is 1. The highest BCUT2D eigenvalue weighted by molar-refractivity contribution is 5.73. The lowest BCUT2D eigenvalue weighted by Gasteiger charge is -2.19. The van der Waals surface area contributed by atoms with Crippen molar-refractivity contribution in [1.82, 2.24) is 9.88 Å². The Labute approximate surface area is 116 Å². The summed E-state index contributed by atoms with van der Waals surface area (Å²) in [6, 6.07) is 3.14. The van der Waals surface area contributed by atoms with Gasteiger partial charge in [0.15, 0.2) is 5.76 Å². The van der Waals surface area contributed by atoms with Crippen LogP contribution in [0, 0.1) is 6.92 Å². The van der Waals surface area contributed by atoms with E-state index in [1.54, 1.807) is 18.4 Å². The van der Waals surface area contributed by atoms with E-state index in [1.807, 2.05) is 11.8 Å². The Balaban J connectivity index is 1.79. The molecule has 1 aliphatic rings. The van der Waals surface area contributed by atoms with Gasteiger partial charge in [-0.1, -0.05) is 0 Å². The number of carboxylic acids is 1. The van der Waals surface area contributed by atoms with Crippen molar-refractivity contribution < 1.29 is 18.7 Å². The predicted molar refractivity (Wildman–Crippen MR) is 70.0 cm³/mol. The smallest absolute Gasteiger partial charge is 0.320 e. The topological polar surface area (TPSA) is 79.7 Å². The molecule has 0 amide bonds. The van der Waals surface area contributed by atoms with Crippen molar-refractivity contribution in [2.75, 3.05) is 6.54 Å². The van der Waals surface area contributed by atoms with Gasteiger partial charge in [0.1, 0.15) is 11.8 Å². The number of carbonyl (C=O) groups is 1. The molecule has 0 radical (unpaired) electrons. The number of likely N-dealkylation sites (tertiary alicyclic amines) is 1. The van der Waals surface area contributed by atoms with Crippen LogP contribution in [0.3, 0.4) is 0 Å². The fraction of sp³-hybridized carbons (Fsp3) is 0.429. The van der Waals surface area contributed by atoms with Crippen molar-refractivity contribution >= 4 is 5.97 Å². The number of carboxylic acid groups (broad SMARTS) is 1. The van der Waals surface area contributed by atoms with Crippen molar-refractivity contribution in [2.45, 2.75) is 32.4 Å². The van der Waals surface area contributed by atoms with Gasteiger partial charge < -0.3 is 13.9 Å². The Bertz CT molecular complexity index is 603. The molecule has 0 unspecified atom stereocenters. The van der Waals surface area contributed by atoms with E-state index in [0.29, 0.717) is 30.4 Å². The highest BCUT2D eigenvalue weighted by atomic mass is 16.4. The molecule has 20 heavy (non-hydrogen) atoms. The second kappa shape index (κ2) is 5.13. The van der Waals surface area contributed by atoms with Gasteiger partial charge in [-0.05, 0) is 38.4 Å². The summed E-state index contributed by atoms with van der Waals surface area (Å²) in [5, 5.41) is 9.19. The van der Waals surface area contributed by atoms with Gasteiger partial charge in [0.2, 0.25) is 0 Å². The zero-order valence-electron chi connectivity index (χ0n) is 11.2. The first-order chi connectivity index (χ1) is 9.65. The third kappa shape index (κ3) is 2.34. The summed E-state index contributed by atoms with van der Waals surface area (Å²) in [7, 11) is 0. The summed E-state index contributed by atoms with van der Waals surface area (Å²) >= 11 is 0. The average molecular weight is 276 g/mol. The predicted octanol–water partition coefficient (Wildman–Crippen LogP) is 2.29. The van der Waals surface area contributed by atoms with Crippen molar-refractivity contribution in [3.8, 4) is 11.7 Å². The second-order valence-corrected chi connectivity index (χ2v) is 4.97. The molecule has 0 spiro atoms. The van der Waals surface area contributed by atoms with Gasteiger partial charge in [0.05, 0.1) is 12.0 Å². The summed E-state index contributed by atoms with van der Waals surface area (Å²) < 4.78 is 10.8. The number of hydrogen-bond acceptors (Lipinski definition) is 5. The molecule has 2 aromatic heterocycles. The second-order valence-electron chi connectivity index (χ2n) is 4.97. The Kier molecular flexibility index (Phi) is 3.31. The minimum Gasteiger partial charge on any atom is -0.480 e. The fourth-order valence-electron chi connectivity index (χ4n) is 2.57. The van der Waals surface area contributed by atoms with E-state index in [2.05, 4.69) is 4.98 Å². The van der Waals surface area contributed by atoms with Crippen LogP contribution in [0.2, 0.25) is 0 Å². The fourth-order valence-corrected chi connectivity index (χ4v) is 2.57. The van der Waals surface area contributed by atoms with Gasteiger partial charge in [0.25, 0.3) is 5.89 Å². The average Bonchev–Trinajstić information content (AvgIpc) is 3.11. The van der Waals surface area contributed by atoms with Crippen molar-refractivity contribution in [2.24, 2.45) is 0 Å². The zero-order chi connectivity index (χ0) is 14.1. The molecule has 1 fully saturated rings. The SMILES string of the molecule is Cc1oc(-c2ccco2)nc1CN1CCC[C@@H]1C(=O)O. The molecule has 106 valence electrons. The summed E-state index contributed by atoms with van der Waals surface area (Å²) in [6.07, 6.45) is 3.16. The first-order valence-corrected chi connectivity index (χ1v) is 6.62. The largest absolute Gasteiger partial charge is 0.480 e. The van der Waals surface area contributed by atoms with E-state index in [0.717, 1.165) is 18.7 Å². The van der Waals surface area contributed by atoms with Crippen LogP contribution in [0.1, 0.15) is 24.3 Å². The minimum absolute atomic E-state index is 0.418. The van der Waals surface area contributed by atoms with Crippen LogP contribution in [0.4, 0.5) is 0 Å². The molecule has 0 aliphatic carbocycles. The molecule has 1 N–H and O–H groups in total. The van der Waals surface area contributed by atoms with Gasteiger partial charge in [-0.2, -0.15) is 0 Å². The first kappa shape index (κ1) is 12.9. The number of furan rings is 1. The van der Waals surface area contributed by atoms with Gasteiger partial charge in [-0.25, -0.2) is 4.98 Å². The monoisotopic (exact) mass is 276 g/mol. The lowest BCUT2D eigenvalue weighted by atomic mass is 10.2. The van der Waals surface area contributed by atoms with Crippen molar-refractivity contribution in [1.29, 1.82) is 0 Å². The van der Waals surface area contributed by atoms with Gasteiger partial charge in [-0.3, -0.25) is 9.69 Å². The van der Waals surface area contributed by atoms with E-state index in [1.165, 1.54) is 0 Å². The van der Waals surface area contributed by atoms with Crippen LogP contribution in [0.25, 0.3) is 11.7 Å². The molecular weight excluding hydrogens is 260 g/mol. The third-order valence-electron chi connectivity index (χ3n) is 3.63. The van der Waals surface area contributed by atoms with Crippen molar-refractivity contribution in [3.05, 3.63) is 29.9 Å². The minimum atomic E-state index is -0.769. The molecule has 0 aromatic carbocycles.